The topological polar surface area (TPSA) is 33.1 Å². The van der Waals surface area contributed by atoms with E-state index >= 15 is 0 Å². The Labute approximate surface area is 91.5 Å². The zero-order chi connectivity index (χ0) is 9.14. The summed E-state index contributed by atoms with van der Waals surface area (Å²) in [6.45, 7) is 0. The van der Waals surface area contributed by atoms with Crippen molar-refractivity contribution in [3.63, 3.8) is 0 Å². The second kappa shape index (κ2) is 4.36. The smallest absolute Gasteiger partial charge is 0.215 e. The third-order valence-electron chi connectivity index (χ3n) is 1.39. The highest BCUT2D eigenvalue weighted by Crippen LogP contribution is 2.26. The Bertz CT molecular complexity index is 295. The summed E-state index contributed by atoms with van der Waals surface area (Å²) in [6, 6.07) is 0. The van der Waals surface area contributed by atoms with Crippen molar-refractivity contribution in [1.29, 1.82) is 0 Å². The summed E-state index contributed by atoms with van der Waals surface area (Å²) in [5.74, 6) is -0.535. The SMILES string of the molecule is Oc1ncc(F)c(Br)c1CCI. The van der Waals surface area contributed by atoms with E-state index in [2.05, 4.69) is 43.5 Å². The minimum absolute atomic E-state index is 0.0973. The lowest BCUT2D eigenvalue weighted by Crippen LogP contribution is -1.94. The van der Waals surface area contributed by atoms with Crippen LogP contribution in [0.2, 0.25) is 0 Å². The van der Waals surface area contributed by atoms with Crippen LogP contribution < -0.4 is 0 Å². The molecule has 0 amide bonds. The average molecular weight is 346 g/mol. The van der Waals surface area contributed by atoms with Gasteiger partial charge in [-0.3, -0.25) is 0 Å². The van der Waals surface area contributed by atoms with Gasteiger partial charge in [-0.05, 0) is 22.4 Å². The molecule has 0 unspecified atom stereocenters. The van der Waals surface area contributed by atoms with Crippen LogP contribution >= 0.6 is 38.5 Å². The van der Waals surface area contributed by atoms with E-state index in [1.807, 2.05) is 0 Å². The highest BCUT2D eigenvalue weighted by atomic mass is 127. The van der Waals surface area contributed by atoms with E-state index in [0.717, 1.165) is 10.6 Å². The van der Waals surface area contributed by atoms with Gasteiger partial charge in [-0.2, -0.15) is 0 Å². The molecule has 0 bridgehead atoms. The van der Waals surface area contributed by atoms with E-state index in [0.29, 0.717) is 16.5 Å². The van der Waals surface area contributed by atoms with Crippen LogP contribution in [0.1, 0.15) is 5.56 Å². The standard InChI is InChI=1S/C7H6BrFINO/c8-6-4(1-2-10)7(12)11-3-5(6)9/h3H,1-2H2,(H,11,12). The van der Waals surface area contributed by atoms with Gasteiger partial charge >= 0.3 is 0 Å². The van der Waals surface area contributed by atoms with Crippen molar-refractivity contribution in [2.45, 2.75) is 6.42 Å². The number of hydrogen-bond donors (Lipinski definition) is 1. The van der Waals surface area contributed by atoms with Crippen molar-refractivity contribution in [3.05, 3.63) is 22.1 Å². The van der Waals surface area contributed by atoms with E-state index in [1.165, 1.54) is 0 Å². The van der Waals surface area contributed by atoms with E-state index < -0.39 is 5.82 Å². The number of hydrogen-bond acceptors (Lipinski definition) is 2. The zero-order valence-corrected chi connectivity index (χ0v) is 9.76. The normalized spacial score (nSPS) is 10.2. The maximum absolute atomic E-state index is 12.9. The van der Waals surface area contributed by atoms with Crippen molar-refractivity contribution < 1.29 is 9.50 Å². The Kier molecular flexibility index (Phi) is 3.70. The number of nitrogens with zero attached hydrogens (tertiary/aromatic N) is 1. The van der Waals surface area contributed by atoms with Gasteiger partial charge in [0.25, 0.3) is 0 Å². The fraction of sp³-hybridized carbons (Fsp3) is 0.286. The van der Waals surface area contributed by atoms with Crippen molar-refractivity contribution in [2.75, 3.05) is 4.43 Å². The third kappa shape index (κ3) is 2.07. The van der Waals surface area contributed by atoms with E-state index in [4.69, 9.17) is 0 Å². The van der Waals surface area contributed by atoms with Gasteiger partial charge in [-0.25, -0.2) is 9.37 Å². The van der Waals surface area contributed by atoms with Crippen LogP contribution in [0.5, 0.6) is 5.88 Å². The number of aromatic nitrogens is 1. The summed E-state index contributed by atoms with van der Waals surface area (Å²) in [5.41, 5.74) is 0.532. The summed E-state index contributed by atoms with van der Waals surface area (Å²) < 4.78 is 14.0. The van der Waals surface area contributed by atoms with Gasteiger partial charge in [0.2, 0.25) is 5.88 Å². The summed E-state index contributed by atoms with van der Waals surface area (Å²) in [5, 5.41) is 9.24. The Hall–Kier alpha value is 0.0900. The molecule has 0 saturated carbocycles. The molecule has 12 heavy (non-hydrogen) atoms. The fourth-order valence-corrected chi connectivity index (χ4v) is 1.83. The quantitative estimate of drug-likeness (QED) is 0.660. The van der Waals surface area contributed by atoms with Crippen LogP contribution in [-0.4, -0.2) is 14.5 Å². The molecule has 0 radical (unpaired) electrons. The first-order valence-electron chi connectivity index (χ1n) is 3.24. The lowest BCUT2D eigenvalue weighted by Gasteiger charge is -2.04. The molecule has 0 atom stereocenters. The van der Waals surface area contributed by atoms with Gasteiger partial charge in [-0.1, -0.05) is 22.6 Å². The van der Waals surface area contributed by atoms with Gasteiger partial charge in [0.1, 0.15) is 0 Å². The first kappa shape index (κ1) is 10.2. The summed E-state index contributed by atoms with van der Waals surface area (Å²) in [4.78, 5) is 3.51. The maximum atomic E-state index is 12.9. The fourth-order valence-electron chi connectivity index (χ4n) is 0.811. The molecule has 1 N–H and O–H groups in total. The molecule has 1 rings (SSSR count). The van der Waals surface area contributed by atoms with Crippen molar-refractivity contribution in [1.82, 2.24) is 4.98 Å². The monoisotopic (exact) mass is 345 g/mol. The van der Waals surface area contributed by atoms with Gasteiger partial charge < -0.3 is 5.11 Å². The van der Waals surface area contributed by atoms with E-state index in [-0.39, 0.29) is 5.88 Å². The minimum Gasteiger partial charge on any atom is -0.493 e. The van der Waals surface area contributed by atoms with Crippen molar-refractivity contribution in [2.24, 2.45) is 0 Å². The Morgan fingerprint density at radius 3 is 2.92 bits per heavy atom. The number of pyridine rings is 1. The number of rotatable bonds is 2. The molecule has 5 heteroatoms. The van der Waals surface area contributed by atoms with E-state index in [9.17, 15) is 9.50 Å². The molecule has 0 saturated heterocycles. The summed E-state index contributed by atoms with van der Waals surface area (Å²) in [6.07, 6.45) is 1.61. The molecule has 0 aliphatic heterocycles. The van der Waals surface area contributed by atoms with Crippen LogP contribution in [0.15, 0.2) is 10.7 Å². The predicted molar refractivity (Wildman–Crippen MR) is 56.2 cm³/mol. The van der Waals surface area contributed by atoms with Crippen LogP contribution in [-0.2, 0) is 6.42 Å². The van der Waals surface area contributed by atoms with Crippen molar-refractivity contribution >= 4 is 38.5 Å². The first-order valence-corrected chi connectivity index (χ1v) is 5.56. The number of halogens is 3. The second-order valence-corrected chi connectivity index (χ2v) is 4.03. The molecule has 2 nitrogen and oxygen atoms in total. The third-order valence-corrected chi connectivity index (χ3v) is 2.79. The summed E-state index contributed by atoms with van der Waals surface area (Å²) >= 11 is 5.21. The molecule has 1 aromatic rings. The Morgan fingerprint density at radius 1 is 1.67 bits per heavy atom. The minimum atomic E-state index is -0.437. The Balaban J connectivity index is 3.14. The van der Waals surface area contributed by atoms with Crippen LogP contribution in [0.25, 0.3) is 0 Å². The van der Waals surface area contributed by atoms with Gasteiger partial charge in [0, 0.05) is 9.99 Å². The molecule has 0 aliphatic carbocycles. The number of alkyl halides is 1. The zero-order valence-electron chi connectivity index (χ0n) is 6.02. The van der Waals surface area contributed by atoms with Crippen LogP contribution in [0.4, 0.5) is 4.39 Å². The lowest BCUT2D eigenvalue weighted by molar-refractivity contribution is 0.441. The molecular formula is C7H6BrFINO. The van der Waals surface area contributed by atoms with Crippen LogP contribution in [0.3, 0.4) is 0 Å². The van der Waals surface area contributed by atoms with E-state index in [1.54, 1.807) is 0 Å². The molecular weight excluding hydrogens is 340 g/mol. The largest absolute Gasteiger partial charge is 0.493 e. The molecule has 0 aliphatic rings. The average Bonchev–Trinajstić information content (AvgIpc) is 2.06. The van der Waals surface area contributed by atoms with Gasteiger partial charge in [-0.15, -0.1) is 0 Å². The van der Waals surface area contributed by atoms with Gasteiger partial charge in [0.05, 0.1) is 10.7 Å². The number of aromatic hydroxyl groups is 1. The highest BCUT2D eigenvalue weighted by molar-refractivity contribution is 14.1. The lowest BCUT2D eigenvalue weighted by atomic mass is 10.2. The molecule has 0 spiro atoms. The Morgan fingerprint density at radius 2 is 2.33 bits per heavy atom. The van der Waals surface area contributed by atoms with Crippen molar-refractivity contribution in [3.8, 4) is 5.88 Å². The highest BCUT2D eigenvalue weighted by Gasteiger charge is 2.10. The predicted octanol–water partition coefficient (Wildman–Crippen LogP) is 2.67. The molecule has 0 aromatic carbocycles. The molecule has 1 heterocycles. The molecule has 1 aromatic heterocycles. The summed E-state index contributed by atoms with van der Waals surface area (Å²) in [7, 11) is 0. The molecule has 0 fully saturated rings. The maximum Gasteiger partial charge on any atom is 0.215 e. The second-order valence-electron chi connectivity index (χ2n) is 2.16. The molecule has 66 valence electrons. The van der Waals surface area contributed by atoms with Crippen LogP contribution in [0, 0.1) is 5.82 Å². The van der Waals surface area contributed by atoms with Gasteiger partial charge in [0.15, 0.2) is 5.82 Å². The first-order chi connectivity index (χ1) is 5.66.